The van der Waals surface area contributed by atoms with Gasteiger partial charge in [0.05, 0.1) is 0 Å². The number of aromatic nitrogens is 2. The monoisotopic (exact) mass is 243 g/mol. The van der Waals surface area contributed by atoms with Crippen molar-refractivity contribution in [1.82, 2.24) is 14.9 Å². The molecule has 2 aromatic heterocycles. The molecule has 18 heavy (non-hydrogen) atoms. The lowest BCUT2D eigenvalue weighted by atomic mass is 10.2. The zero-order valence-electron chi connectivity index (χ0n) is 11.1. The molecule has 0 amide bonds. The van der Waals surface area contributed by atoms with Gasteiger partial charge in [0.15, 0.2) is 0 Å². The lowest BCUT2D eigenvalue weighted by molar-refractivity contribution is 0.554. The largest absolute Gasteiger partial charge is 0.350 e. The molecule has 0 saturated heterocycles. The molecule has 0 unspecified atom stereocenters. The van der Waals surface area contributed by atoms with E-state index in [9.17, 15) is 0 Å². The van der Waals surface area contributed by atoms with Gasteiger partial charge in [0, 0.05) is 43.4 Å². The fourth-order valence-corrected chi connectivity index (χ4v) is 1.94. The first kappa shape index (κ1) is 12.8. The van der Waals surface area contributed by atoms with Gasteiger partial charge in [0.2, 0.25) is 0 Å². The van der Waals surface area contributed by atoms with Crippen LogP contribution in [0.1, 0.15) is 25.1 Å². The molecule has 0 bridgehead atoms. The van der Waals surface area contributed by atoms with Crippen molar-refractivity contribution in [3.8, 4) is 0 Å². The van der Waals surface area contributed by atoms with E-state index in [1.807, 2.05) is 12.4 Å². The molecule has 2 aromatic rings. The summed E-state index contributed by atoms with van der Waals surface area (Å²) in [6.45, 7) is 6.29. The van der Waals surface area contributed by atoms with Gasteiger partial charge in [-0.1, -0.05) is 13.8 Å². The number of nitrogens with zero attached hydrogens (tertiary/aromatic N) is 2. The molecule has 0 aromatic carbocycles. The van der Waals surface area contributed by atoms with Crippen molar-refractivity contribution < 1.29 is 0 Å². The van der Waals surface area contributed by atoms with E-state index in [1.165, 1.54) is 11.3 Å². The summed E-state index contributed by atoms with van der Waals surface area (Å²) in [6, 6.07) is 8.98. The Labute approximate surface area is 109 Å². The third kappa shape index (κ3) is 3.70. The number of pyridine rings is 1. The molecule has 0 aliphatic heterocycles. The standard InChI is InChI=1S/C15H21N3/c1-13(2)17-12-15-4-3-10-18(15)11-7-14-5-8-16-9-6-14/h3-6,8-10,13,17H,7,11-12H2,1-2H3. The fraction of sp³-hybridized carbons (Fsp3) is 0.400. The van der Waals surface area contributed by atoms with Crippen LogP contribution in [0, 0.1) is 0 Å². The van der Waals surface area contributed by atoms with Gasteiger partial charge in [-0.25, -0.2) is 0 Å². The predicted octanol–water partition coefficient (Wildman–Crippen LogP) is 2.62. The van der Waals surface area contributed by atoms with E-state index < -0.39 is 0 Å². The van der Waals surface area contributed by atoms with Crippen LogP contribution in [-0.4, -0.2) is 15.6 Å². The van der Waals surface area contributed by atoms with E-state index >= 15 is 0 Å². The molecule has 0 fully saturated rings. The quantitative estimate of drug-likeness (QED) is 0.845. The normalized spacial score (nSPS) is 11.1. The molecular weight excluding hydrogens is 222 g/mol. The molecule has 0 spiro atoms. The Morgan fingerprint density at radius 3 is 2.72 bits per heavy atom. The maximum absolute atomic E-state index is 4.04. The average molecular weight is 243 g/mol. The minimum absolute atomic E-state index is 0.522. The van der Waals surface area contributed by atoms with Crippen molar-refractivity contribution in [1.29, 1.82) is 0 Å². The molecule has 2 heterocycles. The molecule has 3 nitrogen and oxygen atoms in total. The van der Waals surface area contributed by atoms with Crippen LogP contribution in [-0.2, 0) is 19.5 Å². The number of aryl methyl sites for hydroxylation is 2. The number of nitrogens with one attached hydrogen (secondary N) is 1. The highest BCUT2D eigenvalue weighted by molar-refractivity contribution is 5.11. The van der Waals surface area contributed by atoms with Gasteiger partial charge in [0.25, 0.3) is 0 Å². The summed E-state index contributed by atoms with van der Waals surface area (Å²) in [5.41, 5.74) is 2.68. The molecule has 2 rings (SSSR count). The molecule has 1 N–H and O–H groups in total. The van der Waals surface area contributed by atoms with Crippen molar-refractivity contribution in [2.75, 3.05) is 0 Å². The van der Waals surface area contributed by atoms with Crippen LogP contribution in [0.4, 0.5) is 0 Å². The lowest BCUT2D eigenvalue weighted by Crippen LogP contribution is -2.23. The molecule has 0 aliphatic rings. The lowest BCUT2D eigenvalue weighted by Gasteiger charge is -2.12. The molecule has 0 radical (unpaired) electrons. The summed E-state index contributed by atoms with van der Waals surface area (Å²) >= 11 is 0. The van der Waals surface area contributed by atoms with Crippen LogP contribution in [0.5, 0.6) is 0 Å². The van der Waals surface area contributed by atoms with E-state index in [0.717, 1.165) is 19.5 Å². The van der Waals surface area contributed by atoms with Crippen LogP contribution in [0.25, 0.3) is 0 Å². The summed E-state index contributed by atoms with van der Waals surface area (Å²) in [4.78, 5) is 4.04. The Morgan fingerprint density at radius 2 is 2.00 bits per heavy atom. The van der Waals surface area contributed by atoms with Crippen molar-refractivity contribution in [3.63, 3.8) is 0 Å². The molecule has 0 aliphatic carbocycles. The van der Waals surface area contributed by atoms with Crippen LogP contribution in [0.15, 0.2) is 42.9 Å². The van der Waals surface area contributed by atoms with Gasteiger partial charge in [-0.3, -0.25) is 4.98 Å². The highest BCUT2D eigenvalue weighted by atomic mass is 15.0. The first-order valence-corrected chi connectivity index (χ1v) is 6.52. The average Bonchev–Trinajstić information content (AvgIpc) is 2.82. The van der Waals surface area contributed by atoms with E-state index in [4.69, 9.17) is 0 Å². The highest BCUT2D eigenvalue weighted by Gasteiger charge is 2.02. The fourth-order valence-electron chi connectivity index (χ4n) is 1.94. The van der Waals surface area contributed by atoms with Crippen LogP contribution >= 0.6 is 0 Å². The molecule has 0 saturated carbocycles. The van der Waals surface area contributed by atoms with Gasteiger partial charge in [-0.15, -0.1) is 0 Å². The first-order chi connectivity index (χ1) is 8.75. The minimum atomic E-state index is 0.522. The highest BCUT2D eigenvalue weighted by Crippen LogP contribution is 2.06. The summed E-state index contributed by atoms with van der Waals surface area (Å²) < 4.78 is 2.32. The molecule has 3 heteroatoms. The topological polar surface area (TPSA) is 29.9 Å². The van der Waals surface area contributed by atoms with E-state index in [1.54, 1.807) is 0 Å². The number of rotatable bonds is 6. The number of hydrogen-bond acceptors (Lipinski definition) is 2. The van der Waals surface area contributed by atoms with Gasteiger partial charge >= 0.3 is 0 Å². The van der Waals surface area contributed by atoms with Crippen molar-refractivity contribution in [2.24, 2.45) is 0 Å². The molecular formula is C15H21N3. The van der Waals surface area contributed by atoms with Crippen LogP contribution < -0.4 is 5.32 Å². The van der Waals surface area contributed by atoms with E-state index in [-0.39, 0.29) is 0 Å². The van der Waals surface area contributed by atoms with E-state index in [0.29, 0.717) is 6.04 Å². The predicted molar refractivity (Wildman–Crippen MR) is 74.3 cm³/mol. The second-order valence-electron chi connectivity index (χ2n) is 4.83. The Bertz CT molecular complexity index is 460. The van der Waals surface area contributed by atoms with Gasteiger partial charge in [0.1, 0.15) is 0 Å². The first-order valence-electron chi connectivity index (χ1n) is 6.52. The SMILES string of the molecule is CC(C)NCc1cccn1CCc1ccncc1. The third-order valence-corrected chi connectivity index (χ3v) is 3.01. The van der Waals surface area contributed by atoms with Crippen molar-refractivity contribution in [2.45, 2.75) is 39.4 Å². The summed E-state index contributed by atoms with van der Waals surface area (Å²) in [5, 5.41) is 3.46. The van der Waals surface area contributed by atoms with Crippen molar-refractivity contribution >= 4 is 0 Å². The van der Waals surface area contributed by atoms with Crippen molar-refractivity contribution in [3.05, 3.63) is 54.1 Å². The smallest absolute Gasteiger partial charge is 0.0361 e. The third-order valence-electron chi connectivity index (χ3n) is 3.01. The maximum atomic E-state index is 4.04. The summed E-state index contributed by atoms with van der Waals surface area (Å²) in [6.07, 6.45) is 6.91. The Balaban J connectivity index is 1.91. The Morgan fingerprint density at radius 1 is 1.22 bits per heavy atom. The van der Waals surface area contributed by atoms with Crippen LogP contribution in [0.3, 0.4) is 0 Å². The van der Waals surface area contributed by atoms with Gasteiger partial charge in [-0.05, 0) is 36.2 Å². The zero-order chi connectivity index (χ0) is 12.8. The summed E-state index contributed by atoms with van der Waals surface area (Å²) in [5.74, 6) is 0. The van der Waals surface area contributed by atoms with E-state index in [2.05, 4.69) is 59.2 Å². The minimum Gasteiger partial charge on any atom is -0.350 e. The summed E-state index contributed by atoms with van der Waals surface area (Å²) in [7, 11) is 0. The number of hydrogen-bond donors (Lipinski definition) is 1. The Kier molecular flexibility index (Phi) is 4.53. The molecule has 0 atom stereocenters. The second-order valence-corrected chi connectivity index (χ2v) is 4.83. The second kappa shape index (κ2) is 6.36. The van der Waals surface area contributed by atoms with Crippen LogP contribution in [0.2, 0.25) is 0 Å². The van der Waals surface area contributed by atoms with Gasteiger partial charge in [-0.2, -0.15) is 0 Å². The maximum Gasteiger partial charge on any atom is 0.0361 e. The Hall–Kier alpha value is -1.61. The zero-order valence-corrected chi connectivity index (χ0v) is 11.1. The molecule has 96 valence electrons. The van der Waals surface area contributed by atoms with Gasteiger partial charge < -0.3 is 9.88 Å².